The lowest BCUT2D eigenvalue weighted by Crippen LogP contribution is -2.27. The zero-order chi connectivity index (χ0) is 40.4. The Morgan fingerprint density at radius 1 is 1.04 bits per heavy atom. The van der Waals surface area contributed by atoms with Gasteiger partial charge in [-0.25, -0.2) is 14.8 Å². The van der Waals surface area contributed by atoms with Crippen LogP contribution >= 0.6 is 38.6 Å². The minimum atomic E-state index is -4.64. The van der Waals surface area contributed by atoms with Crippen LogP contribution in [0.2, 0.25) is 0 Å². The number of carbonyl (C=O) groups excluding carboxylic acids is 2. The number of fused-ring (bicyclic) bond motifs is 2. The number of nitrogens with zero attached hydrogens (tertiary/aromatic N) is 4. The molecule has 1 aliphatic rings. The number of ether oxygens (including phenoxy) is 4. The first-order valence-corrected chi connectivity index (χ1v) is 19.9. The second-order valence-corrected chi connectivity index (χ2v) is 14.6. The third kappa shape index (κ3) is 10.9. The Hall–Kier alpha value is -4.98. The molecule has 4 heterocycles. The highest BCUT2D eigenvalue weighted by Gasteiger charge is 2.34. The molecule has 298 valence electrons. The van der Waals surface area contributed by atoms with Crippen LogP contribution in [0.25, 0.3) is 20.7 Å². The molecular formula is C37H39BrF3N7O6S2. The average Bonchev–Trinajstić information content (AvgIpc) is 3.83. The number of alkyl halides is 3. The van der Waals surface area contributed by atoms with E-state index in [0.717, 1.165) is 34.9 Å². The van der Waals surface area contributed by atoms with E-state index >= 15 is 0 Å². The lowest BCUT2D eigenvalue weighted by Gasteiger charge is -2.19. The third-order valence-corrected chi connectivity index (χ3v) is 10.5. The molecular weight excluding hydrogens is 839 g/mol. The number of hydrogen-bond acceptors (Lipinski definition) is 12. The number of halogens is 4. The van der Waals surface area contributed by atoms with Crippen LogP contribution in [-0.4, -0.2) is 78.8 Å². The number of amides is 1. The summed E-state index contributed by atoms with van der Waals surface area (Å²) in [6.45, 7) is 11.8. The summed E-state index contributed by atoms with van der Waals surface area (Å²) in [6, 6.07) is 13.0. The van der Waals surface area contributed by atoms with Crippen LogP contribution in [0.15, 0.2) is 63.4 Å². The maximum Gasteiger partial charge on any atom is 0.433 e. The van der Waals surface area contributed by atoms with Gasteiger partial charge in [0.2, 0.25) is 11.9 Å². The number of hydrogen-bond donors (Lipinski definition) is 3. The number of benzene rings is 2. The van der Waals surface area contributed by atoms with Gasteiger partial charge in [-0.1, -0.05) is 26.0 Å². The smallest absolute Gasteiger partial charge is 0.433 e. The van der Waals surface area contributed by atoms with E-state index in [9.17, 15) is 22.8 Å². The Morgan fingerprint density at radius 2 is 1.79 bits per heavy atom. The van der Waals surface area contributed by atoms with Gasteiger partial charge in [-0.2, -0.15) is 18.2 Å². The molecule has 0 unspecified atom stereocenters. The summed E-state index contributed by atoms with van der Waals surface area (Å²) in [7, 11) is 0. The molecule has 4 N–H and O–H groups in total. The number of guanidine groups is 1. The number of aliphatic imine (C=N–C) groups is 1. The molecule has 1 aliphatic heterocycles. The van der Waals surface area contributed by atoms with Crippen molar-refractivity contribution < 1.29 is 41.7 Å². The van der Waals surface area contributed by atoms with Crippen molar-refractivity contribution in [3.05, 3.63) is 69.6 Å². The quantitative estimate of drug-likeness (QED) is 0.0625. The highest BCUT2D eigenvalue weighted by atomic mass is 79.9. The molecule has 0 saturated carbocycles. The number of esters is 1. The number of nitrogens with one attached hydrogen (secondary N) is 2. The van der Waals surface area contributed by atoms with Gasteiger partial charge in [0.25, 0.3) is 5.95 Å². The molecule has 13 nitrogen and oxygen atoms in total. The highest BCUT2D eigenvalue weighted by Crippen LogP contribution is 2.44. The molecule has 0 aliphatic carbocycles. The summed E-state index contributed by atoms with van der Waals surface area (Å²) < 4.78 is 63.4. The van der Waals surface area contributed by atoms with Gasteiger partial charge in [0.1, 0.15) is 30.4 Å². The number of rotatable bonds is 12. The zero-order valence-corrected chi connectivity index (χ0v) is 34.0. The summed E-state index contributed by atoms with van der Waals surface area (Å²) in [5.74, 6) is 0.540. The summed E-state index contributed by atoms with van der Waals surface area (Å²) >= 11 is 6.11. The largest absolute Gasteiger partial charge is 0.490 e. The first-order chi connectivity index (χ1) is 26.8. The lowest BCUT2D eigenvalue weighted by molar-refractivity contribution is -0.141. The molecule has 2 aromatic carbocycles. The number of aromatic nitrogens is 2. The fraction of sp³-hybridized carbons (Fsp3) is 0.324. The SMILES string of the molecule is CCOC(=O)c1c(NC(C)=O)sc2c(OCCN(CC)CC)c(Br)ccc12.NC(=Nc1nc(-c2cccs2)cc(C(F)(F)F)n1)Nc1ccc2c(c1)OCCO2. The monoisotopic (exact) mass is 877 g/mol. The van der Waals surface area contributed by atoms with Gasteiger partial charge in [0, 0.05) is 30.6 Å². The van der Waals surface area contributed by atoms with E-state index in [1.807, 2.05) is 12.1 Å². The molecule has 0 radical (unpaired) electrons. The molecule has 0 bridgehead atoms. The predicted octanol–water partition coefficient (Wildman–Crippen LogP) is 8.57. The number of likely N-dealkylation sites (N-methyl/N-ethyl adjacent to an activating group) is 1. The van der Waals surface area contributed by atoms with Gasteiger partial charge in [0.15, 0.2) is 22.9 Å². The second-order valence-electron chi connectivity index (χ2n) is 11.7. The van der Waals surface area contributed by atoms with Crippen LogP contribution in [-0.2, 0) is 15.7 Å². The van der Waals surface area contributed by atoms with Crippen LogP contribution in [0.5, 0.6) is 17.2 Å². The fourth-order valence-corrected chi connectivity index (χ4v) is 7.80. The first kappa shape index (κ1) is 42.2. The Morgan fingerprint density at radius 3 is 2.45 bits per heavy atom. The van der Waals surface area contributed by atoms with Crippen molar-refractivity contribution in [2.45, 2.75) is 33.9 Å². The number of nitrogens with two attached hydrogens (primary N) is 1. The minimum absolute atomic E-state index is 0.119. The molecule has 1 amide bonds. The molecule has 3 aromatic heterocycles. The van der Waals surface area contributed by atoms with Crippen molar-refractivity contribution in [1.29, 1.82) is 0 Å². The molecule has 0 saturated heterocycles. The van der Waals surface area contributed by atoms with Gasteiger partial charge >= 0.3 is 12.1 Å². The van der Waals surface area contributed by atoms with Gasteiger partial charge in [-0.05, 0) is 71.7 Å². The van der Waals surface area contributed by atoms with Crippen molar-refractivity contribution >= 4 is 83.2 Å². The molecule has 0 atom stereocenters. The maximum atomic E-state index is 13.2. The van der Waals surface area contributed by atoms with Crippen LogP contribution in [0, 0.1) is 0 Å². The van der Waals surface area contributed by atoms with E-state index in [-0.39, 0.29) is 24.2 Å². The standard InChI is InChI=1S/C19H25BrN2O4S.C18H14F3N5O2S/c1-5-22(6-2)10-11-26-16-14(20)9-8-13-15(19(24)25-7-3)18(21-12(4)23)27-17(13)16;19-18(20,21)15-9-11(14-2-1-7-29-14)24-17(25-15)26-16(22)23-10-3-4-12-13(8-10)28-6-5-27-12/h8-9H,5-7,10-11H2,1-4H3,(H,21,23);1-4,7-9H,5-6H2,(H3,22,23,24,25,26). The molecule has 5 aromatic rings. The Kier molecular flexibility index (Phi) is 14.5. The van der Waals surface area contributed by atoms with E-state index in [2.05, 4.69) is 60.3 Å². The van der Waals surface area contributed by atoms with E-state index in [4.69, 9.17) is 24.7 Å². The Labute approximate surface area is 337 Å². The van der Waals surface area contributed by atoms with Gasteiger partial charge in [-0.15, -0.1) is 22.7 Å². The normalized spacial score (nSPS) is 12.6. The van der Waals surface area contributed by atoms with Crippen LogP contribution < -0.4 is 30.6 Å². The summed E-state index contributed by atoms with van der Waals surface area (Å²) in [5, 5.41) is 8.46. The van der Waals surface area contributed by atoms with E-state index < -0.39 is 23.8 Å². The topological polar surface area (TPSA) is 163 Å². The minimum Gasteiger partial charge on any atom is -0.490 e. The highest BCUT2D eigenvalue weighted by molar-refractivity contribution is 9.10. The van der Waals surface area contributed by atoms with E-state index in [1.54, 1.807) is 42.6 Å². The summed E-state index contributed by atoms with van der Waals surface area (Å²) in [5.41, 5.74) is 5.77. The van der Waals surface area contributed by atoms with Gasteiger partial charge < -0.3 is 40.2 Å². The summed E-state index contributed by atoms with van der Waals surface area (Å²) in [4.78, 5) is 38.4. The molecule has 56 heavy (non-hydrogen) atoms. The van der Waals surface area contributed by atoms with Crippen molar-refractivity contribution in [2.24, 2.45) is 10.7 Å². The zero-order valence-electron chi connectivity index (χ0n) is 30.8. The first-order valence-electron chi connectivity index (χ1n) is 17.4. The molecule has 6 rings (SSSR count). The molecule has 0 spiro atoms. The Balaban J connectivity index is 0.000000215. The average molecular weight is 879 g/mol. The second kappa shape index (κ2) is 19.2. The third-order valence-electron chi connectivity index (χ3n) is 7.90. The fourth-order valence-electron chi connectivity index (χ4n) is 5.30. The number of anilines is 2. The van der Waals surface area contributed by atoms with E-state index in [1.165, 1.54) is 29.6 Å². The number of thiophene rings is 2. The van der Waals surface area contributed by atoms with Crippen molar-refractivity contribution in [1.82, 2.24) is 14.9 Å². The van der Waals surface area contributed by atoms with E-state index in [0.29, 0.717) is 63.6 Å². The van der Waals surface area contributed by atoms with Crippen molar-refractivity contribution in [2.75, 3.05) is 56.7 Å². The Bertz CT molecular complexity index is 2180. The van der Waals surface area contributed by atoms with Crippen molar-refractivity contribution in [3.63, 3.8) is 0 Å². The molecule has 19 heteroatoms. The lowest BCUT2D eigenvalue weighted by atomic mass is 10.1. The van der Waals surface area contributed by atoms with Gasteiger partial charge in [0.05, 0.1) is 26.4 Å². The van der Waals surface area contributed by atoms with Crippen molar-refractivity contribution in [3.8, 4) is 27.8 Å². The van der Waals surface area contributed by atoms with Crippen LogP contribution in [0.3, 0.4) is 0 Å². The van der Waals surface area contributed by atoms with Gasteiger partial charge in [-0.3, -0.25) is 4.79 Å². The molecule has 0 fully saturated rings. The summed E-state index contributed by atoms with van der Waals surface area (Å²) in [6.07, 6.45) is -4.64. The number of carbonyl (C=O) groups is 2. The van der Waals surface area contributed by atoms with Crippen LogP contribution in [0.1, 0.15) is 43.7 Å². The predicted molar refractivity (Wildman–Crippen MR) is 216 cm³/mol. The maximum absolute atomic E-state index is 13.2. The van der Waals surface area contributed by atoms with Crippen LogP contribution in [0.4, 0.5) is 29.8 Å².